The lowest BCUT2D eigenvalue weighted by Gasteiger charge is -2.30. The van der Waals surface area contributed by atoms with Crippen molar-refractivity contribution >= 4 is 16.6 Å². The molecule has 36 heavy (non-hydrogen) atoms. The summed E-state index contributed by atoms with van der Waals surface area (Å²) in [5, 5.41) is 12.5. The number of ether oxygens (including phenoxy) is 4. The van der Waals surface area contributed by atoms with Crippen molar-refractivity contribution < 1.29 is 18.9 Å². The van der Waals surface area contributed by atoms with Crippen LogP contribution in [-0.2, 0) is 14.2 Å². The quantitative estimate of drug-likeness (QED) is 0.250. The molecule has 0 amide bonds. The zero-order chi connectivity index (χ0) is 25.2. The molecular formula is C28H32N4O4. The molecule has 188 valence electrons. The normalized spacial score (nSPS) is 16.2. The summed E-state index contributed by atoms with van der Waals surface area (Å²) < 4.78 is 24.9. The summed E-state index contributed by atoms with van der Waals surface area (Å²) in [6, 6.07) is 16.5. The fourth-order valence-electron chi connectivity index (χ4n) is 4.72. The first-order valence-electron chi connectivity index (χ1n) is 12.4. The van der Waals surface area contributed by atoms with Crippen molar-refractivity contribution in [2.75, 3.05) is 24.8 Å². The summed E-state index contributed by atoms with van der Waals surface area (Å²) >= 11 is 0. The van der Waals surface area contributed by atoms with Crippen LogP contribution in [0.25, 0.3) is 22.2 Å². The molecule has 2 aliphatic rings. The minimum absolute atomic E-state index is 0.0220. The van der Waals surface area contributed by atoms with Gasteiger partial charge in [0.05, 0.1) is 41.8 Å². The molecule has 3 aromatic rings. The van der Waals surface area contributed by atoms with Crippen LogP contribution in [-0.4, -0.2) is 36.8 Å². The van der Waals surface area contributed by atoms with Crippen molar-refractivity contribution in [3.05, 3.63) is 60.5 Å². The van der Waals surface area contributed by atoms with Gasteiger partial charge in [0.15, 0.2) is 6.29 Å². The number of fused-ring (bicyclic) bond motifs is 1. The first-order chi connectivity index (χ1) is 17.5. The maximum atomic E-state index is 10.2. The van der Waals surface area contributed by atoms with Crippen molar-refractivity contribution in [3.63, 3.8) is 0 Å². The van der Waals surface area contributed by atoms with Crippen LogP contribution in [0.15, 0.2) is 54.9 Å². The second kappa shape index (κ2) is 10.2. The Kier molecular flexibility index (Phi) is 6.88. The molecule has 2 aromatic carbocycles. The summed E-state index contributed by atoms with van der Waals surface area (Å²) in [4.78, 5) is 0. The molecule has 0 bridgehead atoms. The third-order valence-corrected chi connectivity index (χ3v) is 6.66. The zero-order valence-corrected chi connectivity index (χ0v) is 20.8. The Morgan fingerprint density at radius 2 is 1.92 bits per heavy atom. The van der Waals surface area contributed by atoms with E-state index in [9.17, 15) is 5.26 Å². The van der Waals surface area contributed by atoms with Gasteiger partial charge in [-0.3, -0.25) is 0 Å². The molecule has 1 saturated heterocycles. The highest BCUT2D eigenvalue weighted by molar-refractivity contribution is 5.95. The number of anilines is 1. The standard InChI is InChI=1S/C28H32N4O4/c1-18(2)36-19(3)32(30)22-9-7-20(8-10-22)28-25(16-29)24-12-11-23(35-17-27-33-13-14-34-27)15-26(24)31(28)21-5-4-6-21/h7-12,15,18,21,27H,3-6,13-14,17,30H2,1-2H3. The molecule has 5 rings (SSSR count). The monoisotopic (exact) mass is 488 g/mol. The van der Waals surface area contributed by atoms with Gasteiger partial charge in [-0.05, 0) is 69.5 Å². The number of nitriles is 1. The number of nitrogens with two attached hydrogens (primary N) is 1. The number of nitrogens with zero attached hydrogens (tertiary/aromatic N) is 3. The minimum atomic E-state index is -0.341. The maximum Gasteiger partial charge on any atom is 0.201 e. The van der Waals surface area contributed by atoms with E-state index >= 15 is 0 Å². The van der Waals surface area contributed by atoms with Crippen molar-refractivity contribution in [1.29, 1.82) is 5.26 Å². The first kappa shape index (κ1) is 24.2. The first-order valence-corrected chi connectivity index (χ1v) is 12.4. The third kappa shape index (κ3) is 4.65. The number of hydrogen-bond donors (Lipinski definition) is 1. The fourth-order valence-corrected chi connectivity index (χ4v) is 4.72. The smallest absolute Gasteiger partial charge is 0.201 e. The van der Waals surface area contributed by atoms with Gasteiger partial charge in [0, 0.05) is 17.5 Å². The lowest BCUT2D eigenvalue weighted by atomic mass is 9.92. The minimum Gasteiger partial charge on any atom is -0.488 e. The van der Waals surface area contributed by atoms with Gasteiger partial charge in [0.25, 0.3) is 0 Å². The van der Waals surface area contributed by atoms with Gasteiger partial charge in [0.1, 0.15) is 18.4 Å². The van der Waals surface area contributed by atoms with E-state index in [1.165, 1.54) is 11.4 Å². The predicted octanol–water partition coefficient (Wildman–Crippen LogP) is 5.23. The van der Waals surface area contributed by atoms with Crippen molar-refractivity contribution in [1.82, 2.24) is 4.57 Å². The van der Waals surface area contributed by atoms with Crippen LogP contribution in [0.3, 0.4) is 0 Å². The van der Waals surface area contributed by atoms with Gasteiger partial charge in [-0.1, -0.05) is 12.1 Å². The summed E-state index contributed by atoms with van der Waals surface area (Å²) in [6.45, 7) is 9.28. The van der Waals surface area contributed by atoms with Crippen molar-refractivity contribution in [2.45, 2.75) is 51.5 Å². The Bertz CT molecular complexity index is 1280. The van der Waals surface area contributed by atoms with Crippen molar-refractivity contribution in [2.24, 2.45) is 5.84 Å². The highest BCUT2D eigenvalue weighted by Gasteiger charge is 2.28. The molecule has 0 atom stereocenters. The molecule has 2 heterocycles. The number of hydrogen-bond acceptors (Lipinski definition) is 7. The molecule has 1 aliphatic heterocycles. The molecule has 8 nitrogen and oxygen atoms in total. The average Bonchev–Trinajstić information content (AvgIpc) is 3.47. The largest absolute Gasteiger partial charge is 0.488 e. The number of aromatic nitrogens is 1. The molecule has 8 heteroatoms. The van der Waals surface area contributed by atoms with Gasteiger partial charge in [0.2, 0.25) is 5.88 Å². The Morgan fingerprint density at radius 1 is 1.19 bits per heavy atom. The average molecular weight is 489 g/mol. The zero-order valence-electron chi connectivity index (χ0n) is 20.8. The molecule has 0 radical (unpaired) electrons. The van der Waals surface area contributed by atoms with E-state index in [0.29, 0.717) is 37.3 Å². The molecule has 1 saturated carbocycles. The van der Waals surface area contributed by atoms with E-state index in [1.54, 1.807) is 0 Å². The van der Waals surface area contributed by atoms with Gasteiger partial charge in [-0.25, -0.2) is 10.9 Å². The summed E-state index contributed by atoms with van der Waals surface area (Å²) in [5.41, 5.74) is 4.29. The number of benzene rings is 2. The van der Waals surface area contributed by atoms with Crippen molar-refractivity contribution in [3.8, 4) is 23.1 Å². The lowest BCUT2D eigenvalue weighted by Crippen LogP contribution is -2.31. The topological polar surface area (TPSA) is 94.9 Å². The van der Waals surface area contributed by atoms with Crippen LogP contribution in [0.1, 0.15) is 44.7 Å². The van der Waals surface area contributed by atoms with E-state index in [0.717, 1.165) is 46.4 Å². The van der Waals surface area contributed by atoms with E-state index < -0.39 is 0 Å². The van der Waals surface area contributed by atoms with Gasteiger partial charge >= 0.3 is 0 Å². The molecular weight excluding hydrogens is 456 g/mol. The molecule has 0 spiro atoms. The second-order valence-corrected chi connectivity index (χ2v) is 9.43. The van der Waals surface area contributed by atoms with E-state index in [-0.39, 0.29) is 12.4 Å². The van der Waals surface area contributed by atoms with E-state index in [1.807, 2.05) is 56.3 Å². The van der Waals surface area contributed by atoms with E-state index in [2.05, 4.69) is 17.2 Å². The van der Waals surface area contributed by atoms with Crippen LogP contribution in [0.2, 0.25) is 0 Å². The van der Waals surface area contributed by atoms with Gasteiger partial charge in [-0.15, -0.1) is 0 Å². The summed E-state index contributed by atoms with van der Waals surface area (Å²) in [5.74, 6) is 7.32. The summed E-state index contributed by atoms with van der Waals surface area (Å²) in [6.07, 6.45) is 2.98. The molecule has 1 aliphatic carbocycles. The SMILES string of the molecule is C=C(OC(C)C)N(N)c1ccc(-c2c(C#N)c3ccc(OCC4OCCO4)cc3n2C2CCC2)cc1. The third-order valence-electron chi connectivity index (χ3n) is 6.66. The van der Waals surface area contributed by atoms with Crippen LogP contribution in [0.4, 0.5) is 5.69 Å². The van der Waals surface area contributed by atoms with Gasteiger partial charge < -0.3 is 23.5 Å². The van der Waals surface area contributed by atoms with E-state index in [4.69, 9.17) is 24.8 Å². The van der Waals surface area contributed by atoms with Gasteiger partial charge in [-0.2, -0.15) is 5.26 Å². The van der Waals surface area contributed by atoms with Crippen LogP contribution >= 0.6 is 0 Å². The second-order valence-electron chi connectivity index (χ2n) is 9.43. The van der Waals surface area contributed by atoms with Crippen LogP contribution in [0.5, 0.6) is 5.75 Å². The Labute approximate surface area is 211 Å². The number of hydrazine groups is 1. The molecule has 2 fully saturated rings. The highest BCUT2D eigenvalue weighted by Crippen LogP contribution is 2.43. The Hall–Kier alpha value is -3.51. The number of rotatable bonds is 9. The molecule has 1 aromatic heterocycles. The summed E-state index contributed by atoms with van der Waals surface area (Å²) in [7, 11) is 0. The fraction of sp³-hybridized carbons (Fsp3) is 0.393. The molecule has 2 N–H and O–H groups in total. The highest BCUT2D eigenvalue weighted by atomic mass is 16.7. The Balaban J connectivity index is 1.51. The van der Waals surface area contributed by atoms with Crippen LogP contribution < -0.4 is 15.6 Å². The van der Waals surface area contributed by atoms with Crippen LogP contribution in [0, 0.1) is 11.3 Å². The molecule has 0 unspecified atom stereocenters. The maximum absolute atomic E-state index is 10.2. The predicted molar refractivity (Wildman–Crippen MR) is 138 cm³/mol. The lowest BCUT2D eigenvalue weighted by molar-refractivity contribution is -0.0683. The Morgan fingerprint density at radius 3 is 2.53 bits per heavy atom.